The molecule has 0 radical (unpaired) electrons. The van der Waals surface area contributed by atoms with E-state index in [1.807, 2.05) is 0 Å². The van der Waals surface area contributed by atoms with Gasteiger partial charge in [-0.1, -0.05) is 17.7 Å². The first-order chi connectivity index (χ1) is 15.8. The van der Waals surface area contributed by atoms with Crippen molar-refractivity contribution in [2.45, 2.75) is 18.6 Å². The highest BCUT2D eigenvalue weighted by Crippen LogP contribution is 2.29. The highest BCUT2D eigenvalue weighted by molar-refractivity contribution is 6.30. The Balaban J connectivity index is 1.45. The van der Waals surface area contributed by atoms with E-state index < -0.39 is 23.2 Å². The first-order valence-electron chi connectivity index (χ1n) is 10.5. The van der Waals surface area contributed by atoms with Crippen LogP contribution in [0.5, 0.6) is 0 Å². The summed E-state index contributed by atoms with van der Waals surface area (Å²) in [6.45, 7) is 1.92. The molecule has 0 bridgehead atoms. The van der Waals surface area contributed by atoms with Crippen molar-refractivity contribution in [1.29, 1.82) is 0 Å². The minimum Gasteiger partial charge on any atom is -0.378 e. The molecule has 0 aliphatic carbocycles. The van der Waals surface area contributed by atoms with Gasteiger partial charge in [0.1, 0.15) is 5.82 Å². The number of hydrogen-bond acceptors (Lipinski definition) is 5. The number of hydrogen-bond donors (Lipinski definition) is 2. The standard InChI is InChI=1S/C23H23ClFN3O5/c24-17-10-15(11-18(25)13-17)14-26-21(30)23(32)4-5-28(22(23)31)19-3-1-2-16(12-19)20(29)27-6-8-33-9-7-27/h1-3,10-13,32H,4-9,14H2,(H,26,30). The van der Waals surface area contributed by atoms with Crippen molar-refractivity contribution < 1.29 is 28.6 Å². The number of anilines is 1. The molecule has 2 aromatic carbocycles. The lowest BCUT2D eigenvalue weighted by atomic mass is 10.0. The molecule has 174 valence electrons. The monoisotopic (exact) mass is 475 g/mol. The number of nitrogens with zero attached hydrogens (tertiary/aromatic N) is 2. The number of carbonyl (C=O) groups excluding carboxylic acids is 3. The van der Waals surface area contributed by atoms with Gasteiger partial charge < -0.3 is 25.0 Å². The van der Waals surface area contributed by atoms with Crippen LogP contribution in [0.1, 0.15) is 22.3 Å². The number of halogens is 2. The maximum atomic E-state index is 13.5. The third-order valence-electron chi connectivity index (χ3n) is 5.75. The number of nitrogens with one attached hydrogen (secondary N) is 1. The second kappa shape index (κ2) is 9.46. The van der Waals surface area contributed by atoms with Crippen LogP contribution in [0.4, 0.5) is 10.1 Å². The highest BCUT2D eigenvalue weighted by atomic mass is 35.5. The van der Waals surface area contributed by atoms with E-state index in [4.69, 9.17) is 16.3 Å². The molecule has 1 atom stereocenters. The van der Waals surface area contributed by atoms with E-state index in [1.54, 1.807) is 29.2 Å². The molecule has 2 aliphatic heterocycles. The molecule has 0 aromatic heterocycles. The van der Waals surface area contributed by atoms with Gasteiger partial charge in [0, 0.05) is 48.9 Å². The predicted molar refractivity (Wildman–Crippen MR) is 118 cm³/mol. The van der Waals surface area contributed by atoms with Gasteiger partial charge in [0.05, 0.1) is 13.2 Å². The van der Waals surface area contributed by atoms with E-state index in [0.29, 0.717) is 43.1 Å². The molecule has 2 saturated heterocycles. The summed E-state index contributed by atoms with van der Waals surface area (Å²) in [5.74, 6) is -2.39. The van der Waals surface area contributed by atoms with Crippen LogP contribution in [0.25, 0.3) is 0 Å². The minimum atomic E-state index is -2.26. The summed E-state index contributed by atoms with van der Waals surface area (Å²) >= 11 is 5.82. The summed E-state index contributed by atoms with van der Waals surface area (Å²) in [4.78, 5) is 41.4. The van der Waals surface area contributed by atoms with Crippen LogP contribution in [0.2, 0.25) is 5.02 Å². The maximum absolute atomic E-state index is 13.5. The molecule has 2 fully saturated rings. The van der Waals surface area contributed by atoms with Gasteiger partial charge in [-0.2, -0.15) is 0 Å². The van der Waals surface area contributed by atoms with E-state index in [2.05, 4.69) is 5.32 Å². The summed E-state index contributed by atoms with van der Waals surface area (Å²) < 4.78 is 18.8. The molecule has 33 heavy (non-hydrogen) atoms. The van der Waals surface area contributed by atoms with Gasteiger partial charge in [-0.25, -0.2) is 4.39 Å². The summed E-state index contributed by atoms with van der Waals surface area (Å²) in [5.41, 5.74) is -1.04. The van der Waals surface area contributed by atoms with Gasteiger partial charge >= 0.3 is 0 Å². The molecular formula is C23H23ClFN3O5. The van der Waals surface area contributed by atoms with Crippen LogP contribution >= 0.6 is 11.6 Å². The number of morpholine rings is 1. The van der Waals surface area contributed by atoms with E-state index >= 15 is 0 Å². The fourth-order valence-corrected chi connectivity index (χ4v) is 4.20. The quantitative estimate of drug-likeness (QED) is 0.642. The second-order valence-electron chi connectivity index (χ2n) is 7.98. The minimum absolute atomic E-state index is 0.101. The molecule has 3 amide bonds. The molecule has 2 aromatic rings. The topological polar surface area (TPSA) is 99.2 Å². The zero-order valence-corrected chi connectivity index (χ0v) is 18.5. The molecule has 2 heterocycles. The lowest BCUT2D eigenvalue weighted by Crippen LogP contribution is -2.52. The molecular weight excluding hydrogens is 453 g/mol. The van der Waals surface area contributed by atoms with E-state index in [1.165, 1.54) is 17.0 Å². The fourth-order valence-electron chi connectivity index (χ4n) is 3.96. The number of benzene rings is 2. The molecule has 0 saturated carbocycles. The second-order valence-corrected chi connectivity index (χ2v) is 8.42. The van der Waals surface area contributed by atoms with Crippen LogP contribution in [0.3, 0.4) is 0 Å². The Hall–Kier alpha value is -3.01. The Kier molecular flexibility index (Phi) is 6.64. The lowest BCUT2D eigenvalue weighted by Gasteiger charge is -2.27. The van der Waals surface area contributed by atoms with Crippen LogP contribution in [-0.2, 0) is 20.9 Å². The summed E-state index contributed by atoms with van der Waals surface area (Å²) in [7, 11) is 0. The van der Waals surface area contributed by atoms with Gasteiger partial charge in [-0.3, -0.25) is 14.4 Å². The van der Waals surface area contributed by atoms with Crippen LogP contribution in [-0.4, -0.2) is 66.2 Å². The molecule has 2 aliphatic rings. The normalized spacial score (nSPS) is 20.8. The van der Waals surface area contributed by atoms with Gasteiger partial charge in [-0.15, -0.1) is 0 Å². The number of ether oxygens (including phenoxy) is 1. The van der Waals surface area contributed by atoms with Crippen LogP contribution in [0, 0.1) is 5.82 Å². The molecule has 8 nitrogen and oxygen atoms in total. The average molecular weight is 476 g/mol. The van der Waals surface area contributed by atoms with Crippen molar-refractivity contribution in [3.8, 4) is 0 Å². The Morgan fingerprint density at radius 2 is 1.91 bits per heavy atom. The van der Waals surface area contributed by atoms with Crippen molar-refractivity contribution in [2.75, 3.05) is 37.7 Å². The Morgan fingerprint density at radius 3 is 2.64 bits per heavy atom. The maximum Gasteiger partial charge on any atom is 0.268 e. The predicted octanol–water partition coefficient (Wildman–Crippen LogP) is 1.74. The summed E-state index contributed by atoms with van der Waals surface area (Å²) in [6, 6.07) is 10.4. The third-order valence-corrected chi connectivity index (χ3v) is 5.97. The molecule has 1 unspecified atom stereocenters. The highest BCUT2D eigenvalue weighted by Gasteiger charge is 2.51. The first kappa shape index (κ1) is 23.2. The SMILES string of the molecule is O=C(c1cccc(N2CCC(O)(C(=O)NCc3cc(F)cc(Cl)c3)C2=O)c1)N1CCOCC1. The van der Waals surface area contributed by atoms with Gasteiger partial charge in [0.15, 0.2) is 0 Å². The van der Waals surface area contributed by atoms with E-state index in [-0.39, 0.29) is 30.4 Å². The number of carbonyl (C=O) groups is 3. The summed E-state index contributed by atoms with van der Waals surface area (Å²) in [6.07, 6.45) is -0.122. The van der Waals surface area contributed by atoms with Gasteiger partial charge in [0.25, 0.3) is 17.7 Å². The van der Waals surface area contributed by atoms with Crippen molar-refractivity contribution in [1.82, 2.24) is 10.2 Å². The Labute approximate surface area is 194 Å². The van der Waals surface area contributed by atoms with Crippen molar-refractivity contribution >= 4 is 35.0 Å². The van der Waals surface area contributed by atoms with Crippen LogP contribution in [0.15, 0.2) is 42.5 Å². The molecule has 10 heteroatoms. The summed E-state index contributed by atoms with van der Waals surface area (Å²) in [5, 5.41) is 13.5. The molecule has 2 N–H and O–H groups in total. The zero-order chi connectivity index (χ0) is 23.6. The van der Waals surface area contributed by atoms with Gasteiger partial charge in [-0.05, 0) is 42.0 Å². The average Bonchev–Trinajstić information content (AvgIpc) is 3.12. The van der Waals surface area contributed by atoms with Crippen molar-refractivity contribution in [3.05, 3.63) is 64.4 Å². The van der Waals surface area contributed by atoms with E-state index in [0.717, 1.165) is 6.07 Å². The Bertz CT molecular complexity index is 1070. The van der Waals surface area contributed by atoms with Gasteiger partial charge in [0.2, 0.25) is 5.60 Å². The third kappa shape index (κ3) is 4.85. The number of rotatable bonds is 5. The van der Waals surface area contributed by atoms with Crippen LogP contribution < -0.4 is 10.2 Å². The lowest BCUT2D eigenvalue weighted by molar-refractivity contribution is -0.149. The molecule has 4 rings (SSSR count). The number of amides is 3. The Morgan fingerprint density at radius 1 is 1.15 bits per heavy atom. The smallest absolute Gasteiger partial charge is 0.268 e. The largest absolute Gasteiger partial charge is 0.378 e. The van der Waals surface area contributed by atoms with Crippen molar-refractivity contribution in [2.24, 2.45) is 0 Å². The zero-order valence-electron chi connectivity index (χ0n) is 17.7. The molecule has 0 spiro atoms. The van der Waals surface area contributed by atoms with Crippen molar-refractivity contribution in [3.63, 3.8) is 0 Å². The fraction of sp³-hybridized carbons (Fsp3) is 0.348. The van der Waals surface area contributed by atoms with E-state index in [9.17, 15) is 23.9 Å². The number of aliphatic hydroxyl groups is 1. The first-order valence-corrected chi connectivity index (χ1v) is 10.9.